The molecular weight excluding hydrogens is 160 g/mol. The molecule has 0 aliphatic heterocycles. The van der Waals surface area contributed by atoms with Gasteiger partial charge >= 0.3 is 0 Å². The summed E-state index contributed by atoms with van der Waals surface area (Å²) >= 11 is 4.90. The molecule has 0 radical (unpaired) electrons. The Morgan fingerprint density at radius 3 is 2.64 bits per heavy atom. The van der Waals surface area contributed by atoms with Gasteiger partial charge in [0.1, 0.15) is 10.5 Å². The molecule has 0 amide bonds. The Hall–Kier alpha value is -1.03. The molecule has 0 aliphatic carbocycles. The Balaban J connectivity index is 3.49. The zero-order valence-electron chi connectivity index (χ0n) is 6.34. The molecule has 0 bridgehead atoms. The maximum atomic E-state index is 10.4. The third-order valence-corrected chi connectivity index (χ3v) is 1.70. The van der Waals surface area contributed by atoms with Crippen LogP contribution in [0.5, 0.6) is 0 Å². The minimum absolute atomic E-state index is 0.463. The normalized spacial score (nSPS) is 9.64. The third kappa shape index (κ3) is 1.51. The summed E-state index contributed by atoms with van der Waals surface area (Å²) in [6.45, 7) is 3.57. The number of aldehydes is 1. The number of aromatic amines is 1. The van der Waals surface area contributed by atoms with Crippen molar-refractivity contribution >= 4 is 18.5 Å². The van der Waals surface area contributed by atoms with Crippen molar-refractivity contribution in [1.82, 2.24) is 9.97 Å². The van der Waals surface area contributed by atoms with Crippen LogP contribution in [0.1, 0.15) is 21.9 Å². The summed E-state index contributed by atoms with van der Waals surface area (Å²) in [4.78, 5) is 17.3. The zero-order valence-corrected chi connectivity index (χ0v) is 7.16. The number of aryl methyl sites for hydroxylation is 2. The molecule has 11 heavy (non-hydrogen) atoms. The van der Waals surface area contributed by atoms with Crippen molar-refractivity contribution in [3.05, 3.63) is 21.7 Å². The molecule has 0 spiro atoms. The molecule has 1 heterocycles. The number of carbonyl (C=O) groups is 1. The summed E-state index contributed by atoms with van der Waals surface area (Å²) in [5.41, 5.74) is 1.16. The third-order valence-electron chi connectivity index (χ3n) is 1.38. The summed E-state index contributed by atoms with van der Waals surface area (Å²) in [7, 11) is 0. The summed E-state index contributed by atoms with van der Waals surface area (Å²) < 4.78 is 0.463. The van der Waals surface area contributed by atoms with Gasteiger partial charge in [-0.1, -0.05) is 12.2 Å². The van der Waals surface area contributed by atoms with E-state index in [-0.39, 0.29) is 0 Å². The number of rotatable bonds is 1. The number of nitrogens with one attached hydrogen (secondary N) is 1. The lowest BCUT2D eigenvalue weighted by atomic mass is 10.3. The van der Waals surface area contributed by atoms with Gasteiger partial charge < -0.3 is 4.98 Å². The molecule has 0 saturated heterocycles. The summed E-state index contributed by atoms with van der Waals surface area (Å²) in [5.74, 6) is 0.734. The molecule has 1 N–H and O–H groups in total. The van der Waals surface area contributed by atoms with Gasteiger partial charge in [-0.25, -0.2) is 4.98 Å². The molecule has 0 aromatic carbocycles. The van der Waals surface area contributed by atoms with Crippen LogP contribution in [-0.2, 0) is 0 Å². The van der Waals surface area contributed by atoms with E-state index in [1.165, 1.54) is 0 Å². The Morgan fingerprint density at radius 1 is 1.55 bits per heavy atom. The van der Waals surface area contributed by atoms with Gasteiger partial charge in [-0.3, -0.25) is 4.79 Å². The van der Waals surface area contributed by atoms with E-state index >= 15 is 0 Å². The fraction of sp³-hybridized carbons (Fsp3) is 0.286. The van der Waals surface area contributed by atoms with Crippen molar-refractivity contribution in [3.8, 4) is 0 Å². The number of carbonyl (C=O) groups excluding carboxylic acids is 1. The summed E-state index contributed by atoms with van der Waals surface area (Å²) in [5, 5.41) is 0. The lowest BCUT2D eigenvalue weighted by Crippen LogP contribution is -1.97. The minimum atomic E-state index is 0.463. The van der Waals surface area contributed by atoms with Gasteiger partial charge in [0, 0.05) is 0 Å². The first-order valence-electron chi connectivity index (χ1n) is 3.18. The van der Waals surface area contributed by atoms with Crippen LogP contribution in [0, 0.1) is 18.5 Å². The molecular formula is C7H8N2OS. The molecule has 0 saturated carbocycles. The molecule has 3 nitrogen and oxygen atoms in total. The molecule has 1 rings (SSSR count). The van der Waals surface area contributed by atoms with Gasteiger partial charge in [0.25, 0.3) is 0 Å². The average Bonchev–Trinajstić information content (AvgIpc) is 1.85. The molecule has 1 aromatic rings. The van der Waals surface area contributed by atoms with Gasteiger partial charge in [0.05, 0.1) is 11.3 Å². The number of H-pyrrole nitrogens is 1. The minimum Gasteiger partial charge on any atom is -0.334 e. The highest BCUT2D eigenvalue weighted by molar-refractivity contribution is 7.71. The van der Waals surface area contributed by atoms with Crippen molar-refractivity contribution < 1.29 is 4.79 Å². The van der Waals surface area contributed by atoms with Crippen molar-refractivity contribution in [2.24, 2.45) is 0 Å². The molecule has 0 unspecified atom stereocenters. The predicted octanol–water partition coefficient (Wildman–Crippen LogP) is 1.57. The van der Waals surface area contributed by atoms with Crippen molar-refractivity contribution in [3.63, 3.8) is 0 Å². The first kappa shape index (κ1) is 8.07. The second kappa shape index (κ2) is 2.92. The highest BCUT2D eigenvalue weighted by atomic mass is 32.1. The highest BCUT2D eigenvalue weighted by Crippen LogP contribution is 2.02. The van der Waals surface area contributed by atoms with E-state index in [2.05, 4.69) is 9.97 Å². The highest BCUT2D eigenvalue weighted by Gasteiger charge is 2.00. The van der Waals surface area contributed by atoms with E-state index in [1.54, 1.807) is 13.8 Å². The Bertz CT molecular complexity index is 343. The van der Waals surface area contributed by atoms with Gasteiger partial charge in [-0.05, 0) is 13.8 Å². The monoisotopic (exact) mass is 168 g/mol. The van der Waals surface area contributed by atoms with Gasteiger partial charge in [-0.15, -0.1) is 0 Å². The summed E-state index contributed by atoms with van der Waals surface area (Å²) in [6, 6.07) is 0. The zero-order chi connectivity index (χ0) is 8.43. The van der Waals surface area contributed by atoms with Gasteiger partial charge in [0.15, 0.2) is 6.29 Å². The van der Waals surface area contributed by atoms with Crippen LogP contribution in [0.2, 0.25) is 0 Å². The maximum Gasteiger partial charge on any atom is 0.154 e. The van der Waals surface area contributed by atoms with Crippen molar-refractivity contribution in [2.75, 3.05) is 0 Å². The lowest BCUT2D eigenvalue weighted by molar-refractivity contribution is 0.112. The first-order valence-corrected chi connectivity index (χ1v) is 3.58. The molecule has 0 atom stereocenters. The predicted molar refractivity (Wildman–Crippen MR) is 44.3 cm³/mol. The topological polar surface area (TPSA) is 45.8 Å². The van der Waals surface area contributed by atoms with E-state index in [0.717, 1.165) is 12.1 Å². The SMILES string of the molecule is Cc1nc(C)c(C=O)c(=S)[nH]1. The van der Waals surface area contributed by atoms with E-state index in [9.17, 15) is 4.79 Å². The second-order valence-electron chi connectivity index (χ2n) is 2.27. The molecule has 4 heteroatoms. The maximum absolute atomic E-state index is 10.4. The molecule has 1 aromatic heterocycles. The Kier molecular flexibility index (Phi) is 2.14. The largest absolute Gasteiger partial charge is 0.334 e. The average molecular weight is 168 g/mol. The fourth-order valence-electron chi connectivity index (χ4n) is 0.874. The van der Waals surface area contributed by atoms with Crippen molar-refractivity contribution in [2.45, 2.75) is 13.8 Å². The summed E-state index contributed by atoms with van der Waals surface area (Å²) in [6.07, 6.45) is 0.723. The van der Waals surface area contributed by atoms with E-state index in [4.69, 9.17) is 12.2 Å². The van der Waals surface area contributed by atoms with Crippen LogP contribution < -0.4 is 0 Å². The number of hydrogen-bond donors (Lipinski definition) is 1. The lowest BCUT2D eigenvalue weighted by Gasteiger charge is -1.98. The van der Waals surface area contributed by atoms with Crippen LogP contribution in [-0.4, -0.2) is 16.3 Å². The fourth-order valence-corrected chi connectivity index (χ4v) is 1.22. The van der Waals surface area contributed by atoms with Crippen LogP contribution >= 0.6 is 12.2 Å². The quantitative estimate of drug-likeness (QED) is 0.511. The van der Waals surface area contributed by atoms with E-state index < -0.39 is 0 Å². The van der Waals surface area contributed by atoms with Gasteiger partial charge in [-0.2, -0.15) is 0 Å². The van der Waals surface area contributed by atoms with Gasteiger partial charge in [0.2, 0.25) is 0 Å². The number of nitrogens with zero attached hydrogens (tertiary/aromatic N) is 1. The number of aromatic nitrogens is 2. The smallest absolute Gasteiger partial charge is 0.154 e. The molecule has 0 fully saturated rings. The van der Waals surface area contributed by atoms with Crippen LogP contribution in [0.3, 0.4) is 0 Å². The van der Waals surface area contributed by atoms with Crippen LogP contribution in [0.4, 0.5) is 0 Å². The van der Waals surface area contributed by atoms with Crippen LogP contribution in [0.15, 0.2) is 0 Å². The molecule has 0 aliphatic rings. The number of hydrogen-bond acceptors (Lipinski definition) is 3. The van der Waals surface area contributed by atoms with E-state index in [1.807, 2.05) is 0 Å². The van der Waals surface area contributed by atoms with Crippen LogP contribution in [0.25, 0.3) is 0 Å². The first-order chi connectivity index (χ1) is 5.15. The second-order valence-corrected chi connectivity index (χ2v) is 2.68. The Labute approximate surface area is 69.5 Å². The van der Waals surface area contributed by atoms with E-state index in [0.29, 0.717) is 15.9 Å². The molecule has 58 valence electrons. The standard InChI is InChI=1S/C7H8N2OS/c1-4-6(3-10)7(11)9-5(2)8-4/h3H,1-2H3,(H,8,9,11). The Morgan fingerprint density at radius 2 is 2.18 bits per heavy atom. The van der Waals surface area contributed by atoms with Crippen molar-refractivity contribution in [1.29, 1.82) is 0 Å².